The van der Waals surface area contributed by atoms with Crippen LogP contribution in [0.25, 0.3) is 0 Å². The molecule has 0 aromatic rings. The Morgan fingerprint density at radius 2 is 1.79 bits per heavy atom. The fraction of sp³-hybridized carbons (Fsp3) is 0.810. The van der Waals surface area contributed by atoms with Crippen LogP contribution in [0, 0.1) is 0 Å². The lowest BCUT2D eigenvalue weighted by molar-refractivity contribution is -0.153. The molecular weight excluding hydrogens is 374 g/mol. The molecule has 1 heterocycles. The minimum Gasteiger partial charge on any atom is -0.467 e. The molecule has 6 nitrogen and oxygen atoms in total. The van der Waals surface area contributed by atoms with Crippen LogP contribution in [0.2, 0.25) is 18.1 Å². The van der Waals surface area contributed by atoms with Gasteiger partial charge in [-0.2, -0.15) is 0 Å². The maximum absolute atomic E-state index is 13.0. The Kier molecular flexibility index (Phi) is 7.56. The molecule has 7 heteroatoms. The first-order valence-electron chi connectivity index (χ1n) is 9.97. The summed E-state index contributed by atoms with van der Waals surface area (Å²) in [5.74, 6) is -0.429. The number of likely N-dealkylation sites (tertiary alicyclic amines) is 1. The second-order valence-corrected chi connectivity index (χ2v) is 14.9. The monoisotopic (exact) mass is 413 g/mol. The third kappa shape index (κ3) is 5.60. The lowest BCUT2D eigenvalue weighted by Gasteiger charge is -2.38. The van der Waals surface area contributed by atoms with Crippen LogP contribution in [-0.2, 0) is 18.7 Å². The summed E-state index contributed by atoms with van der Waals surface area (Å²) in [5.41, 5.74) is -1.76. The summed E-state index contributed by atoms with van der Waals surface area (Å²) in [6.07, 6.45) is 2.42. The molecule has 0 bridgehead atoms. The van der Waals surface area contributed by atoms with Gasteiger partial charge in [-0.05, 0) is 51.7 Å². The summed E-state index contributed by atoms with van der Waals surface area (Å²) in [7, 11) is -0.716. The quantitative estimate of drug-likeness (QED) is 0.352. The van der Waals surface area contributed by atoms with Crippen molar-refractivity contribution in [1.82, 2.24) is 4.90 Å². The molecule has 1 amide bonds. The molecule has 162 valence electrons. The number of nitrogens with zero attached hydrogens (tertiary/aromatic N) is 1. The summed E-state index contributed by atoms with van der Waals surface area (Å²) in [6, 6.07) is 0. The summed E-state index contributed by atoms with van der Waals surface area (Å²) in [6.45, 7) is 20.4. The minimum absolute atomic E-state index is 0.0291. The molecule has 1 aliphatic rings. The zero-order valence-electron chi connectivity index (χ0n) is 19.2. The average Bonchev–Trinajstić information content (AvgIpc) is 2.88. The number of ether oxygens (including phenoxy) is 2. The topological polar surface area (TPSA) is 65.1 Å². The van der Waals surface area contributed by atoms with E-state index in [1.165, 1.54) is 12.0 Å². The molecule has 0 saturated carbocycles. The van der Waals surface area contributed by atoms with Gasteiger partial charge in [0.15, 0.2) is 8.32 Å². The number of allylic oxidation sites excluding steroid dienone is 1. The number of hydrogen-bond acceptors (Lipinski definition) is 5. The van der Waals surface area contributed by atoms with Gasteiger partial charge in [0.2, 0.25) is 0 Å². The first-order valence-corrected chi connectivity index (χ1v) is 12.9. The zero-order valence-corrected chi connectivity index (χ0v) is 20.2. The summed E-state index contributed by atoms with van der Waals surface area (Å²) in [5, 5.41) is 0.0291. The van der Waals surface area contributed by atoms with Gasteiger partial charge in [-0.15, -0.1) is 6.58 Å². The van der Waals surface area contributed by atoms with Crippen LogP contribution in [0.15, 0.2) is 12.7 Å². The van der Waals surface area contributed by atoms with Gasteiger partial charge in [0.25, 0.3) is 0 Å². The molecule has 0 N–H and O–H groups in total. The molecule has 0 radical (unpaired) electrons. The maximum atomic E-state index is 13.0. The highest BCUT2D eigenvalue weighted by atomic mass is 28.4. The maximum Gasteiger partial charge on any atom is 0.411 e. The van der Waals surface area contributed by atoms with E-state index < -0.39 is 31.5 Å². The fourth-order valence-electron chi connectivity index (χ4n) is 3.23. The van der Waals surface area contributed by atoms with Gasteiger partial charge in [-0.25, -0.2) is 9.59 Å². The van der Waals surface area contributed by atoms with Crippen LogP contribution in [0.3, 0.4) is 0 Å². The second-order valence-electron chi connectivity index (χ2n) is 10.1. The molecule has 1 rings (SSSR count). The first-order chi connectivity index (χ1) is 12.6. The molecule has 0 aromatic heterocycles. The number of carbonyl (C=O) groups is 2. The number of rotatable bonds is 6. The van der Waals surface area contributed by atoms with Crippen molar-refractivity contribution in [3.8, 4) is 0 Å². The van der Waals surface area contributed by atoms with E-state index in [4.69, 9.17) is 13.9 Å². The van der Waals surface area contributed by atoms with Crippen LogP contribution in [0.5, 0.6) is 0 Å². The van der Waals surface area contributed by atoms with Crippen molar-refractivity contribution in [1.29, 1.82) is 0 Å². The van der Waals surface area contributed by atoms with Crippen molar-refractivity contribution >= 4 is 20.4 Å². The molecule has 28 heavy (non-hydrogen) atoms. The van der Waals surface area contributed by atoms with Crippen molar-refractivity contribution < 1.29 is 23.5 Å². The summed E-state index contributed by atoms with van der Waals surface area (Å²) >= 11 is 0. The molecule has 2 atom stereocenters. The van der Waals surface area contributed by atoms with Crippen molar-refractivity contribution in [3.63, 3.8) is 0 Å². The van der Waals surface area contributed by atoms with Crippen LogP contribution < -0.4 is 0 Å². The second kappa shape index (κ2) is 8.57. The van der Waals surface area contributed by atoms with Gasteiger partial charge in [0.1, 0.15) is 11.1 Å². The van der Waals surface area contributed by atoms with E-state index in [9.17, 15) is 9.59 Å². The van der Waals surface area contributed by atoms with E-state index in [0.717, 1.165) is 0 Å². The van der Waals surface area contributed by atoms with E-state index in [1.54, 1.807) is 6.08 Å². The molecular formula is C21H39NO5Si. The van der Waals surface area contributed by atoms with E-state index in [0.29, 0.717) is 25.8 Å². The Morgan fingerprint density at radius 1 is 1.21 bits per heavy atom. The van der Waals surface area contributed by atoms with Crippen molar-refractivity contribution in [2.24, 2.45) is 0 Å². The normalized spacial score (nSPS) is 23.5. The number of amides is 1. The number of hydrogen-bond donors (Lipinski definition) is 0. The van der Waals surface area contributed by atoms with Crippen LogP contribution >= 0.6 is 0 Å². The molecule has 1 unspecified atom stereocenters. The predicted octanol–water partition coefficient (Wildman–Crippen LogP) is 4.90. The smallest absolute Gasteiger partial charge is 0.411 e. The fourth-order valence-corrected chi connectivity index (χ4v) is 4.58. The van der Waals surface area contributed by atoms with Crippen molar-refractivity contribution in [2.75, 3.05) is 13.7 Å². The predicted molar refractivity (Wildman–Crippen MR) is 114 cm³/mol. The third-order valence-electron chi connectivity index (χ3n) is 5.68. The van der Waals surface area contributed by atoms with Crippen LogP contribution in [-0.4, -0.2) is 56.2 Å². The Morgan fingerprint density at radius 3 is 2.21 bits per heavy atom. The van der Waals surface area contributed by atoms with Gasteiger partial charge >= 0.3 is 12.1 Å². The average molecular weight is 414 g/mol. The largest absolute Gasteiger partial charge is 0.467 e. The Hall–Kier alpha value is -1.34. The van der Waals surface area contributed by atoms with E-state index in [2.05, 4.69) is 40.4 Å². The van der Waals surface area contributed by atoms with Gasteiger partial charge in [-0.3, -0.25) is 4.90 Å². The Balaban J connectivity index is 3.28. The number of carbonyl (C=O) groups excluding carboxylic acids is 2. The highest BCUT2D eigenvalue weighted by Crippen LogP contribution is 2.42. The highest BCUT2D eigenvalue weighted by molar-refractivity contribution is 6.74. The lowest BCUT2D eigenvalue weighted by Crippen LogP contribution is -2.54. The lowest BCUT2D eigenvalue weighted by atomic mass is 9.90. The van der Waals surface area contributed by atoms with Crippen molar-refractivity contribution in [2.45, 2.75) is 96.2 Å². The molecule has 1 saturated heterocycles. The van der Waals surface area contributed by atoms with Gasteiger partial charge in [0.05, 0.1) is 19.8 Å². The molecule has 1 fully saturated rings. The minimum atomic E-state index is -2.07. The molecule has 0 aromatic carbocycles. The SMILES string of the molecule is C=CCCC1(C(=O)OC)C[C@@H](O[Si](C)(C)C(C)(C)C)CN1C(=O)OC(C)(C)C. The van der Waals surface area contributed by atoms with Crippen molar-refractivity contribution in [3.05, 3.63) is 12.7 Å². The summed E-state index contributed by atoms with van der Waals surface area (Å²) in [4.78, 5) is 27.4. The molecule has 0 aliphatic carbocycles. The Bertz CT molecular complexity index is 591. The van der Waals surface area contributed by atoms with Crippen LogP contribution in [0.4, 0.5) is 4.79 Å². The van der Waals surface area contributed by atoms with Gasteiger partial charge < -0.3 is 13.9 Å². The van der Waals surface area contributed by atoms with Crippen LogP contribution in [0.1, 0.15) is 60.8 Å². The number of esters is 1. The zero-order chi connectivity index (χ0) is 22.0. The van der Waals surface area contributed by atoms with Gasteiger partial charge in [-0.1, -0.05) is 26.8 Å². The van der Waals surface area contributed by atoms with Gasteiger partial charge in [0, 0.05) is 6.42 Å². The molecule has 1 aliphatic heterocycles. The van der Waals surface area contributed by atoms with E-state index in [1.807, 2.05) is 20.8 Å². The highest BCUT2D eigenvalue weighted by Gasteiger charge is 2.56. The first kappa shape index (κ1) is 24.7. The third-order valence-corrected chi connectivity index (χ3v) is 10.2. The standard InChI is InChI=1S/C21H39NO5Si/c1-11-12-13-21(17(23)25-8)14-16(27-28(9,10)20(5,6)7)15-22(21)18(24)26-19(2,3)4/h11,16H,1,12-15H2,2-10H3/t16-,21?/m1/s1. The Labute approximate surface area is 171 Å². The molecule has 0 spiro atoms. The summed E-state index contributed by atoms with van der Waals surface area (Å²) < 4.78 is 17.3. The van der Waals surface area contributed by atoms with E-state index >= 15 is 0 Å². The van der Waals surface area contributed by atoms with E-state index in [-0.39, 0.29) is 11.1 Å². The number of methoxy groups -OCH3 is 1.